The predicted octanol–water partition coefficient (Wildman–Crippen LogP) is 2.71. The third kappa shape index (κ3) is 4.13. The number of carbonyl (C=O) groups is 1. The minimum absolute atomic E-state index is 0.175. The zero-order valence-corrected chi connectivity index (χ0v) is 14.4. The maximum Gasteiger partial charge on any atom is 0.308 e. The van der Waals surface area contributed by atoms with Crippen LogP contribution in [0.15, 0.2) is 18.2 Å². The molecule has 8 heteroatoms. The van der Waals surface area contributed by atoms with Gasteiger partial charge < -0.3 is 4.74 Å². The quantitative estimate of drug-likeness (QED) is 0.769. The highest BCUT2D eigenvalue weighted by Crippen LogP contribution is 2.26. The summed E-state index contributed by atoms with van der Waals surface area (Å²) in [5, 5.41) is 0.797. The summed E-state index contributed by atoms with van der Waals surface area (Å²) in [7, 11) is -2.13. The highest BCUT2D eigenvalue weighted by molar-refractivity contribution is 7.88. The molecule has 0 amide bonds. The van der Waals surface area contributed by atoms with Gasteiger partial charge in [0, 0.05) is 23.1 Å². The molecule has 1 aliphatic rings. The van der Waals surface area contributed by atoms with Crippen LogP contribution in [0.5, 0.6) is 0 Å². The molecule has 0 N–H and O–H groups in total. The number of rotatable bonds is 4. The second kappa shape index (κ2) is 7.17. The largest absolute Gasteiger partial charge is 0.469 e. The molecule has 0 radical (unpaired) electrons. The van der Waals surface area contributed by atoms with Gasteiger partial charge in [0.05, 0.1) is 18.8 Å². The van der Waals surface area contributed by atoms with Crippen molar-refractivity contribution in [1.82, 2.24) is 4.31 Å². The number of hydrogen-bond acceptors (Lipinski definition) is 4. The van der Waals surface area contributed by atoms with Gasteiger partial charge in [0.1, 0.15) is 0 Å². The van der Waals surface area contributed by atoms with Crippen LogP contribution in [-0.2, 0) is 25.3 Å². The summed E-state index contributed by atoms with van der Waals surface area (Å²) in [4.78, 5) is 11.5. The Balaban J connectivity index is 2.04. The van der Waals surface area contributed by atoms with Crippen molar-refractivity contribution in [1.29, 1.82) is 0 Å². The number of esters is 1. The Bertz CT molecular complexity index is 655. The molecule has 22 heavy (non-hydrogen) atoms. The fourth-order valence-electron chi connectivity index (χ4n) is 2.46. The molecule has 1 aromatic carbocycles. The molecule has 0 unspecified atom stereocenters. The number of carbonyl (C=O) groups excluding carboxylic acids is 1. The van der Waals surface area contributed by atoms with E-state index in [2.05, 4.69) is 0 Å². The van der Waals surface area contributed by atoms with Crippen molar-refractivity contribution >= 4 is 39.2 Å². The van der Waals surface area contributed by atoms with Crippen molar-refractivity contribution in [2.75, 3.05) is 20.2 Å². The molecule has 1 saturated heterocycles. The Morgan fingerprint density at radius 1 is 1.32 bits per heavy atom. The van der Waals surface area contributed by atoms with Gasteiger partial charge in [0.25, 0.3) is 0 Å². The first-order chi connectivity index (χ1) is 10.3. The lowest BCUT2D eigenvalue weighted by Crippen LogP contribution is -2.41. The van der Waals surface area contributed by atoms with E-state index in [1.54, 1.807) is 12.1 Å². The van der Waals surface area contributed by atoms with E-state index >= 15 is 0 Å². The van der Waals surface area contributed by atoms with Crippen molar-refractivity contribution < 1.29 is 17.9 Å². The standard InChI is InChI=1S/C14H17Cl2NO4S/c1-21-14(18)10-4-6-17(7-5-10)22(19,20)9-11-2-3-12(15)8-13(11)16/h2-3,8,10H,4-7,9H2,1H3. The fraction of sp³-hybridized carbons (Fsp3) is 0.500. The second-order valence-electron chi connectivity index (χ2n) is 5.19. The number of methoxy groups -OCH3 is 1. The van der Waals surface area contributed by atoms with Crippen molar-refractivity contribution in [3.05, 3.63) is 33.8 Å². The number of piperidine rings is 1. The Labute approximate surface area is 140 Å². The van der Waals surface area contributed by atoms with Crippen LogP contribution in [0.3, 0.4) is 0 Å². The van der Waals surface area contributed by atoms with E-state index in [0.717, 1.165) is 0 Å². The molecule has 1 heterocycles. The normalized spacial score (nSPS) is 17.4. The van der Waals surface area contributed by atoms with Crippen LogP contribution >= 0.6 is 23.2 Å². The minimum Gasteiger partial charge on any atom is -0.469 e. The monoisotopic (exact) mass is 365 g/mol. The number of benzene rings is 1. The molecule has 0 bridgehead atoms. The van der Waals surface area contributed by atoms with E-state index in [4.69, 9.17) is 27.9 Å². The Morgan fingerprint density at radius 3 is 2.50 bits per heavy atom. The first-order valence-electron chi connectivity index (χ1n) is 6.83. The minimum atomic E-state index is -3.47. The highest BCUT2D eigenvalue weighted by Gasteiger charge is 2.31. The van der Waals surface area contributed by atoms with Crippen LogP contribution in [0.2, 0.25) is 10.0 Å². The van der Waals surface area contributed by atoms with Crippen LogP contribution in [0, 0.1) is 5.92 Å². The van der Waals surface area contributed by atoms with Gasteiger partial charge in [0.2, 0.25) is 10.0 Å². The third-order valence-corrected chi connectivity index (χ3v) is 6.15. The first kappa shape index (κ1) is 17.5. The second-order valence-corrected chi connectivity index (χ2v) is 8.00. The summed E-state index contributed by atoms with van der Waals surface area (Å²) in [5.41, 5.74) is 0.515. The molecular weight excluding hydrogens is 349 g/mol. The molecule has 2 rings (SSSR count). The Hall–Kier alpha value is -0.820. The Morgan fingerprint density at radius 2 is 1.95 bits per heavy atom. The number of halogens is 2. The van der Waals surface area contributed by atoms with Crippen molar-refractivity contribution in [2.24, 2.45) is 5.92 Å². The molecule has 1 aliphatic heterocycles. The molecule has 5 nitrogen and oxygen atoms in total. The van der Waals surface area contributed by atoms with E-state index in [1.165, 1.54) is 17.5 Å². The van der Waals surface area contributed by atoms with Gasteiger partial charge in [0.15, 0.2) is 0 Å². The first-order valence-corrected chi connectivity index (χ1v) is 9.19. The molecule has 0 aliphatic carbocycles. The zero-order chi connectivity index (χ0) is 16.3. The van der Waals surface area contributed by atoms with Crippen LogP contribution < -0.4 is 0 Å². The van der Waals surface area contributed by atoms with Crippen LogP contribution in [0.25, 0.3) is 0 Å². The van der Waals surface area contributed by atoms with E-state index in [1.807, 2.05) is 0 Å². The van der Waals surface area contributed by atoms with Crippen LogP contribution in [-0.4, -0.2) is 38.9 Å². The lowest BCUT2D eigenvalue weighted by molar-refractivity contribution is -0.146. The van der Waals surface area contributed by atoms with Gasteiger partial charge in [-0.25, -0.2) is 12.7 Å². The summed E-state index contributed by atoms with van der Waals surface area (Å²) in [5.74, 6) is -0.681. The van der Waals surface area contributed by atoms with Gasteiger partial charge in [-0.1, -0.05) is 29.3 Å². The molecular formula is C14H17Cl2NO4S. The van der Waals surface area contributed by atoms with E-state index in [-0.39, 0.29) is 17.6 Å². The molecule has 0 aromatic heterocycles. The van der Waals surface area contributed by atoms with Crippen molar-refractivity contribution in [2.45, 2.75) is 18.6 Å². The van der Waals surface area contributed by atoms with Gasteiger partial charge in [-0.05, 0) is 30.5 Å². The average Bonchev–Trinajstić information content (AvgIpc) is 2.49. The lowest BCUT2D eigenvalue weighted by atomic mass is 9.99. The van der Waals surface area contributed by atoms with Crippen molar-refractivity contribution in [3.8, 4) is 0 Å². The van der Waals surface area contributed by atoms with E-state index in [0.29, 0.717) is 41.5 Å². The maximum atomic E-state index is 12.5. The number of hydrogen-bond donors (Lipinski definition) is 0. The predicted molar refractivity (Wildman–Crippen MR) is 85.4 cm³/mol. The van der Waals surface area contributed by atoms with Crippen molar-refractivity contribution in [3.63, 3.8) is 0 Å². The molecule has 0 saturated carbocycles. The summed E-state index contributed by atoms with van der Waals surface area (Å²) in [6, 6.07) is 4.75. The summed E-state index contributed by atoms with van der Waals surface area (Å²) >= 11 is 11.8. The molecule has 122 valence electrons. The number of ether oxygens (including phenoxy) is 1. The highest BCUT2D eigenvalue weighted by atomic mass is 35.5. The van der Waals surface area contributed by atoms with Gasteiger partial charge in [-0.15, -0.1) is 0 Å². The van der Waals surface area contributed by atoms with E-state index < -0.39 is 10.0 Å². The SMILES string of the molecule is COC(=O)C1CCN(S(=O)(=O)Cc2ccc(Cl)cc2Cl)CC1. The summed E-state index contributed by atoms with van der Waals surface area (Å²) in [6.07, 6.45) is 0.945. The molecule has 1 fully saturated rings. The molecule has 1 aromatic rings. The maximum absolute atomic E-state index is 12.5. The fourth-order valence-corrected chi connectivity index (χ4v) is 4.61. The lowest BCUT2D eigenvalue weighted by Gasteiger charge is -2.30. The van der Waals surface area contributed by atoms with Gasteiger partial charge in [-0.3, -0.25) is 4.79 Å². The van der Waals surface area contributed by atoms with Gasteiger partial charge >= 0.3 is 5.97 Å². The smallest absolute Gasteiger partial charge is 0.308 e. The Kier molecular flexibility index (Phi) is 5.71. The number of nitrogens with zero attached hydrogens (tertiary/aromatic N) is 1. The van der Waals surface area contributed by atoms with Crippen LogP contribution in [0.1, 0.15) is 18.4 Å². The topological polar surface area (TPSA) is 63.7 Å². The molecule has 0 atom stereocenters. The average molecular weight is 366 g/mol. The molecule has 0 spiro atoms. The summed E-state index contributed by atoms with van der Waals surface area (Å²) < 4.78 is 31.0. The van der Waals surface area contributed by atoms with Gasteiger partial charge in [-0.2, -0.15) is 0 Å². The zero-order valence-electron chi connectivity index (χ0n) is 12.1. The number of sulfonamides is 1. The van der Waals surface area contributed by atoms with Crippen LogP contribution in [0.4, 0.5) is 0 Å². The summed E-state index contributed by atoms with van der Waals surface area (Å²) in [6.45, 7) is 0.626. The third-order valence-electron chi connectivity index (χ3n) is 3.73. The van der Waals surface area contributed by atoms with E-state index in [9.17, 15) is 13.2 Å².